The van der Waals surface area contributed by atoms with Crippen LogP contribution in [0.3, 0.4) is 0 Å². The molecule has 0 spiro atoms. The normalized spacial score (nSPS) is 15.7. The van der Waals surface area contributed by atoms with Crippen molar-refractivity contribution in [1.29, 1.82) is 5.41 Å². The molecule has 0 unspecified atom stereocenters. The molecule has 0 saturated heterocycles. The lowest BCUT2D eigenvalue weighted by molar-refractivity contribution is 1.50. The molecule has 0 amide bonds. The van der Waals surface area contributed by atoms with Gasteiger partial charge in [-0.3, -0.25) is 9.98 Å². The highest BCUT2D eigenvalue weighted by molar-refractivity contribution is 6.16. The molecular formula is C15H17N3. The Morgan fingerprint density at radius 1 is 1.06 bits per heavy atom. The molecule has 0 aliphatic heterocycles. The first kappa shape index (κ1) is 13.8. The molecular weight excluding hydrogens is 222 g/mol. The van der Waals surface area contributed by atoms with E-state index in [4.69, 9.17) is 5.41 Å². The zero-order valence-corrected chi connectivity index (χ0v) is 10.3. The maximum atomic E-state index is 6.87. The van der Waals surface area contributed by atoms with E-state index in [2.05, 4.69) is 16.6 Å². The van der Waals surface area contributed by atoms with Crippen molar-refractivity contribution in [3.8, 4) is 0 Å². The predicted octanol–water partition coefficient (Wildman–Crippen LogP) is 3.64. The number of nitrogens with one attached hydrogen (secondary N) is 1. The molecule has 1 aliphatic carbocycles. The Morgan fingerprint density at radius 3 is 2.50 bits per heavy atom. The highest BCUT2D eigenvalue weighted by Gasteiger charge is 2.13. The van der Waals surface area contributed by atoms with E-state index in [1.165, 1.54) is 36.4 Å². The van der Waals surface area contributed by atoms with Crippen LogP contribution in [-0.2, 0) is 0 Å². The molecule has 1 N–H and O–H groups in total. The third-order valence-electron chi connectivity index (χ3n) is 2.19. The van der Waals surface area contributed by atoms with Crippen molar-refractivity contribution in [2.24, 2.45) is 9.98 Å². The van der Waals surface area contributed by atoms with Gasteiger partial charge in [-0.05, 0) is 30.6 Å². The first-order valence-electron chi connectivity index (χ1n) is 5.76. The number of hydrogen-bond donors (Lipinski definition) is 1. The largest absolute Gasteiger partial charge is 0.309 e. The number of rotatable bonds is 7. The minimum atomic E-state index is 1.17. The smallest absolute Gasteiger partial charge is 0.0450 e. The van der Waals surface area contributed by atoms with Gasteiger partial charge < -0.3 is 5.41 Å². The highest BCUT2D eigenvalue weighted by atomic mass is 14.7. The monoisotopic (exact) mass is 239 g/mol. The molecule has 0 heterocycles. The molecule has 1 saturated carbocycles. The first-order chi connectivity index (χ1) is 8.88. The molecule has 0 bridgehead atoms. The van der Waals surface area contributed by atoms with Crippen molar-refractivity contribution in [1.82, 2.24) is 0 Å². The van der Waals surface area contributed by atoms with Crippen LogP contribution in [0.1, 0.15) is 12.8 Å². The third kappa shape index (κ3) is 6.33. The van der Waals surface area contributed by atoms with E-state index in [-0.39, 0.29) is 0 Å². The molecule has 1 fully saturated rings. The molecule has 18 heavy (non-hydrogen) atoms. The van der Waals surface area contributed by atoms with Crippen LogP contribution in [0, 0.1) is 5.41 Å². The van der Waals surface area contributed by atoms with Gasteiger partial charge in [0.25, 0.3) is 0 Å². The van der Waals surface area contributed by atoms with Gasteiger partial charge in [0.15, 0.2) is 0 Å². The number of allylic oxidation sites excluding steroid dienone is 7. The Hall–Kier alpha value is -2.29. The molecule has 1 aliphatic rings. The van der Waals surface area contributed by atoms with Crippen molar-refractivity contribution in [2.75, 3.05) is 0 Å². The van der Waals surface area contributed by atoms with Gasteiger partial charge >= 0.3 is 0 Å². The van der Waals surface area contributed by atoms with Crippen LogP contribution in [0.15, 0.2) is 70.5 Å². The lowest BCUT2D eigenvalue weighted by Crippen LogP contribution is -1.73. The summed E-state index contributed by atoms with van der Waals surface area (Å²) in [5.41, 5.74) is 2.64. The van der Waals surface area contributed by atoms with Crippen LogP contribution in [-0.4, -0.2) is 18.6 Å². The Balaban J connectivity index is 2.55. The predicted molar refractivity (Wildman–Crippen MR) is 79.6 cm³/mol. The van der Waals surface area contributed by atoms with Crippen molar-refractivity contribution in [3.05, 3.63) is 60.5 Å². The fourth-order valence-electron chi connectivity index (χ4n) is 1.23. The van der Waals surface area contributed by atoms with E-state index < -0.39 is 0 Å². The van der Waals surface area contributed by atoms with Gasteiger partial charge in [-0.1, -0.05) is 30.4 Å². The summed E-state index contributed by atoms with van der Waals surface area (Å²) in [6.07, 6.45) is 19.5. The van der Waals surface area contributed by atoms with E-state index in [1.54, 1.807) is 24.7 Å². The van der Waals surface area contributed by atoms with Gasteiger partial charge in [-0.25, -0.2) is 0 Å². The maximum Gasteiger partial charge on any atom is 0.0450 e. The minimum absolute atomic E-state index is 1.17. The molecule has 0 aromatic rings. The summed E-state index contributed by atoms with van der Waals surface area (Å²) in [6.45, 7) is 3.47. The zero-order valence-electron chi connectivity index (χ0n) is 10.3. The van der Waals surface area contributed by atoms with Gasteiger partial charge in [0.05, 0.1) is 0 Å². The van der Waals surface area contributed by atoms with Crippen molar-refractivity contribution < 1.29 is 0 Å². The summed E-state index contributed by atoms with van der Waals surface area (Å²) in [7, 11) is 0. The maximum absolute atomic E-state index is 6.87. The van der Waals surface area contributed by atoms with Gasteiger partial charge in [0, 0.05) is 31.0 Å². The fourth-order valence-corrected chi connectivity index (χ4v) is 1.23. The lowest BCUT2D eigenvalue weighted by atomic mass is 10.2. The molecule has 92 valence electrons. The molecule has 1 rings (SSSR count). The average Bonchev–Trinajstić information content (AvgIpc) is 3.20. The van der Waals surface area contributed by atoms with Crippen molar-refractivity contribution >= 4 is 18.6 Å². The standard InChI is InChI=1S/C15H17N3/c1-2-17-12-13-18-11-9-14(15-7-8-15)6-4-3-5-10-16/h2-6,9-13,16H,1,7-8H2/b5-3+,6-4-,11-9+,16-10?,17-12?,18-13?. The van der Waals surface area contributed by atoms with E-state index in [9.17, 15) is 0 Å². The van der Waals surface area contributed by atoms with E-state index >= 15 is 0 Å². The zero-order chi connectivity index (χ0) is 13.1. The summed E-state index contributed by atoms with van der Waals surface area (Å²) < 4.78 is 0. The summed E-state index contributed by atoms with van der Waals surface area (Å²) in [4.78, 5) is 7.88. The van der Waals surface area contributed by atoms with Gasteiger partial charge in [-0.15, -0.1) is 0 Å². The third-order valence-corrected chi connectivity index (χ3v) is 2.19. The van der Waals surface area contributed by atoms with Crippen LogP contribution in [0.4, 0.5) is 0 Å². The summed E-state index contributed by atoms with van der Waals surface area (Å²) in [5, 5.41) is 6.87. The first-order valence-corrected chi connectivity index (χ1v) is 5.76. The van der Waals surface area contributed by atoms with Crippen LogP contribution in [0.5, 0.6) is 0 Å². The molecule has 0 radical (unpaired) electrons. The van der Waals surface area contributed by atoms with Crippen molar-refractivity contribution in [2.45, 2.75) is 12.8 Å². The van der Waals surface area contributed by atoms with Gasteiger partial charge in [0.2, 0.25) is 0 Å². The Morgan fingerprint density at radius 2 is 1.83 bits per heavy atom. The van der Waals surface area contributed by atoms with E-state index in [1.807, 2.05) is 24.3 Å². The van der Waals surface area contributed by atoms with Crippen LogP contribution in [0.2, 0.25) is 0 Å². The summed E-state index contributed by atoms with van der Waals surface area (Å²) in [6, 6.07) is 0. The van der Waals surface area contributed by atoms with Crippen LogP contribution >= 0.6 is 0 Å². The minimum Gasteiger partial charge on any atom is -0.309 e. The second-order valence-corrected chi connectivity index (χ2v) is 3.56. The molecule has 3 heteroatoms. The quantitative estimate of drug-likeness (QED) is 0.521. The molecule has 0 atom stereocenters. The van der Waals surface area contributed by atoms with Crippen LogP contribution in [0.25, 0.3) is 0 Å². The highest BCUT2D eigenvalue weighted by Crippen LogP contribution is 2.32. The second kappa shape index (κ2) is 8.82. The van der Waals surface area contributed by atoms with Crippen molar-refractivity contribution in [3.63, 3.8) is 0 Å². The Labute approximate surface area is 108 Å². The fraction of sp³-hybridized carbons (Fsp3) is 0.133. The van der Waals surface area contributed by atoms with E-state index in [0.717, 1.165) is 0 Å². The second-order valence-electron chi connectivity index (χ2n) is 3.56. The average molecular weight is 239 g/mol. The number of hydrogen-bond acceptors (Lipinski definition) is 3. The Kier molecular flexibility index (Phi) is 6.75. The molecule has 3 nitrogen and oxygen atoms in total. The number of aliphatic imine (C=N–C) groups is 2. The van der Waals surface area contributed by atoms with E-state index in [0.29, 0.717) is 0 Å². The Bertz CT molecular complexity index is 454. The number of nitrogens with zero attached hydrogens (tertiary/aromatic N) is 2. The summed E-state index contributed by atoms with van der Waals surface area (Å²) in [5.74, 6) is 0. The molecule has 0 aromatic heterocycles. The summed E-state index contributed by atoms with van der Waals surface area (Å²) >= 11 is 0. The van der Waals surface area contributed by atoms with Crippen LogP contribution < -0.4 is 0 Å². The topological polar surface area (TPSA) is 48.6 Å². The SMILES string of the molecule is C=CN=CC=N/C=C/C(/C=C\C=C\C=N)=C1CC1. The van der Waals surface area contributed by atoms with Gasteiger partial charge in [-0.2, -0.15) is 0 Å². The van der Waals surface area contributed by atoms with Gasteiger partial charge in [0.1, 0.15) is 0 Å². The lowest BCUT2D eigenvalue weighted by Gasteiger charge is -1.89. The molecule has 0 aromatic carbocycles.